The topological polar surface area (TPSA) is 56.6 Å². The molecule has 2 aromatic rings. The van der Waals surface area contributed by atoms with Crippen LogP contribution < -0.4 is 4.74 Å². The molecule has 0 atom stereocenters. The van der Waals surface area contributed by atoms with E-state index in [9.17, 15) is 4.79 Å². The summed E-state index contributed by atoms with van der Waals surface area (Å²) in [6.07, 6.45) is 0. The zero-order valence-electron chi connectivity index (χ0n) is 14.1. The van der Waals surface area contributed by atoms with Crippen LogP contribution in [-0.4, -0.2) is 48.5 Å². The van der Waals surface area contributed by atoms with Gasteiger partial charge in [-0.25, -0.2) is 0 Å². The van der Waals surface area contributed by atoms with Gasteiger partial charge in [-0.15, -0.1) is 0 Å². The first kappa shape index (κ1) is 17.0. The molecule has 0 aromatic heterocycles. The van der Waals surface area contributed by atoms with Crippen LogP contribution in [0.25, 0.3) is 0 Å². The summed E-state index contributed by atoms with van der Waals surface area (Å²) in [6.45, 7) is 4.15. The number of ether oxygens (including phenoxy) is 1. The Morgan fingerprint density at radius 3 is 2.32 bits per heavy atom. The number of hydrogen-bond donors (Lipinski definition) is 0. The molecule has 2 aromatic carbocycles. The number of amides is 1. The highest BCUT2D eigenvalue weighted by Crippen LogP contribution is 2.12. The van der Waals surface area contributed by atoms with Gasteiger partial charge in [0.25, 0.3) is 5.91 Å². The van der Waals surface area contributed by atoms with Crippen molar-refractivity contribution in [2.75, 3.05) is 32.8 Å². The van der Waals surface area contributed by atoms with Crippen LogP contribution >= 0.6 is 0 Å². The van der Waals surface area contributed by atoms with Crippen LogP contribution in [-0.2, 0) is 11.3 Å². The molecular weight excluding hydrogens is 314 g/mol. The summed E-state index contributed by atoms with van der Waals surface area (Å²) in [6, 6.07) is 19.2. The van der Waals surface area contributed by atoms with Crippen LogP contribution in [0.5, 0.6) is 5.75 Å². The Balaban J connectivity index is 1.42. The predicted molar refractivity (Wildman–Crippen MR) is 95.0 cm³/mol. The number of piperazine rings is 1. The third-order valence-electron chi connectivity index (χ3n) is 4.32. The van der Waals surface area contributed by atoms with Gasteiger partial charge in [0.1, 0.15) is 5.75 Å². The smallest absolute Gasteiger partial charge is 0.260 e. The third-order valence-corrected chi connectivity index (χ3v) is 4.32. The lowest BCUT2D eigenvalue weighted by Crippen LogP contribution is -2.49. The van der Waals surface area contributed by atoms with Crippen molar-refractivity contribution >= 4 is 5.91 Å². The van der Waals surface area contributed by atoms with E-state index < -0.39 is 0 Å². The zero-order chi connectivity index (χ0) is 17.5. The van der Waals surface area contributed by atoms with E-state index in [-0.39, 0.29) is 12.5 Å². The molecule has 1 amide bonds. The van der Waals surface area contributed by atoms with E-state index in [1.54, 1.807) is 24.3 Å². The minimum Gasteiger partial charge on any atom is -0.484 e. The van der Waals surface area contributed by atoms with Gasteiger partial charge < -0.3 is 9.64 Å². The molecule has 5 nitrogen and oxygen atoms in total. The molecule has 0 bridgehead atoms. The zero-order valence-corrected chi connectivity index (χ0v) is 14.1. The van der Waals surface area contributed by atoms with Crippen molar-refractivity contribution in [1.82, 2.24) is 9.80 Å². The van der Waals surface area contributed by atoms with Gasteiger partial charge in [-0.05, 0) is 29.8 Å². The van der Waals surface area contributed by atoms with Crippen LogP contribution in [0.3, 0.4) is 0 Å². The molecule has 0 radical (unpaired) electrons. The largest absolute Gasteiger partial charge is 0.484 e. The molecule has 128 valence electrons. The van der Waals surface area contributed by atoms with E-state index in [0.29, 0.717) is 11.3 Å². The summed E-state index contributed by atoms with van der Waals surface area (Å²) in [7, 11) is 0. The quantitative estimate of drug-likeness (QED) is 0.841. The molecule has 1 aliphatic heterocycles. The lowest BCUT2D eigenvalue weighted by molar-refractivity contribution is -0.135. The third kappa shape index (κ3) is 4.82. The summed E-state index contributed by atoms with van der Waals surface area (Å²) in [4.78, 5) is 16.5. The SMILES string of the molecule is N#Cc1ccc(OCC(=O)N2CCN(Cc3ccccc3)CC2)cc1. The first-order chi connectivity index (χ1) is 12.2. The van der Waals surface area contributed by atoms with E-state index in [1.807, 2.05) is 11.0 Å². The number of nitrogens with zero attached hydrogens (tertiary/aromatic N) is 3. The number of carbonyl (C=O) groups excluding carboxylic acids is 1. The number of carbonyl (C=O) groups is 1. The average molecular weight is 335 g/mol. The molecule has 25 heavy (non-hydrogen) atoms. The van der Waals surface area contributed by atoms with Crippen molar-refractivity contribution in [2.45, 2.75) is 6.54 Å². The fourth-order valence-electron chi connectivity index (χ4n) is 2.86. The molecule has 5 heteroatoms. The van der Waals surface area contributed by atoms with E-state index in [0.717, 1.165) is 32.7 Å². The molecule has 0 aliphatic carbocycles. The van der Waals surface area contributed by atoms with E-state index in [2.05, 4.69) is 35.2 Å². The Bertz CT molecular complexity index is 730. The Morgan fingerprint density at radius 1 is 1.00 bits per heavy atom. The van der Waals surface area contributed by atoms with E-state index in [4.69, 9.17) is 10.00 Å². The molecule has 0 saturated carbocycles. The monoisotopic (exact) mass is 335 g/mol. The Labute approximate surface area is 148 Å². The van der Waals surface area contributed by atoms with Crippen molar-refractivity contribution in [3.05, 3.63) is 65.7 Å². The van der Waals surface area contributed by atoms with Crippen molar-refractivity contribution in [1.29, 1.82) is 5.26 Å². The molecule has 1 saturated heterocycles. The van der Waals surface area contributed by atoms with Crippen LogP contribution in [0, 0.1) is 11.3 Å². The Morgan fingerprint density at radius 2 is 1.68 bits per heavy atom. The number of rotatable bonds is 5. The fourth-order valence-corrected chi connectivity index (χ4v) is 2.86. The second-order valence-corrected chi connectivity index (χ2v) is 6.07. The van der Waals surface area contributed by atoms with Gasteiger partial charge in [0.05, 0.1) is 11.6 Å². The molecule has 1 aliphatic rings. The maximum absolute atomic E-state index is 12.3. The Kier molecular flexibility index (Phi) is 5.65. The standard InChI is InChI=1S/C20H21N3O2/c21-14-17-6-8-19(9-7-17)25-16-20(24)23-12-10-22(11-13-23)15-18-4-2-1-3-5-18/h1-9H,10-13,15-16H2. The molecule has 1 fully saturated rings. The van der Waals surface area contributed by atoms with Gasteiger partial charge in [0, 0.05) is 32.7 Å². The molecule has 0 N–H and O–H groups in total. The van der Waals surface area contributed by atoms with Gasteiger partial charge in [0.2, 0.25) is 0 Å². The Hall–Kier alpha value is -2.84. The maximum atomic E-state index is 12.3. The molecular formula is C20H21N3O2. The summed E-state index contributed by atoms with van der Waals surface area (Å²) >= 11 is 0. The lowest BCUT2D eigenvalue weighted by Gasteiger charge is -2.34. The van der Waals surface area contributed by atoms with Crippen LogP contribution in [0.15, 0.2) is 54.6 Å². The summed E-state index contributed by atoms with van der Waals surface area (Å²) in [5.74, 6) is 0.610. The second-order valence-electron chi connectivity index (χ2n) is 6.07. The van der Waals surface area contributed by atoms with Gasteiger partial charge in [-0.1, -0.05) is 30.3 Å². The first-order valence-corrected chi connectivity index (χ1v) is 8.41. The minimum atomic E-state index is 0.00345. The van der Waals surface area contributed by atoms with E-state index in [1.165, 1.54) is 5.56 Å². The van der Waals surface area contributed by atoms with Crippen LogP contribution in [0.1, 0.15) is 11.1 Å². The van der Waals surface area contributed by atoms with Crippen molar-refractivity contribution in [3.63, 3.8) is 0 Å². The predicted octanol–water partition coefficient (Wildman–Crippen LogP) is 2.28. The fraction of sp³-hybridized carbons (Fsp3) is 0.300. The van der Waals surface area contributed by atoms with Gasteiger partial charge in [-0.2, -0.15) is 5.26 Å². The van der Waals surface area contributed by atoms with Crippen LogP contribution in [0.4, 0.5) is 0 Å². The average Bonchev–Trinajstić information content (AvgIpc) is 2.68. The van der Waals surface area contributed by atoms with Gasteiger partial charge in [-0.3, -0.25) is 9.69 Å². The lowest BCUT2D eigenvalue weighted by atomic mass is 10.2. The normalized spacial score (nSPS) is 14.8. The number of nitriles is 1. The first-order valence-electron chi connectivity index (χ1n) is 8.41. The van der Waals surface area contributed by atoms with Gasteiger partial charge in [0.15, 0.2) is 6.61 Å². The summed E-state index contributed by atoms with van der Waals surface area (Å²) in [5, 5.41) is 8.78. The van der Waals surface area contributed by atoms with Crippen molar-refractivity contribution < 1.29 is 9.53 Å². The number of hydrogen-bond acceptors (Lipinski definition) is 4. The molecule has 3 rings (SSSR count). The summed E-state index contributed by atoms with van der Waals surface area (Å²) < 4.78 is 5.53. The van der Waals surface area contributed by atoms with E-state index >= 15 is 0 Å². The molecule has 0 spiro atoms. The second kappa shape index (κ2) is 8.32. The summed E-state index contributed by atoms with van der Waals surface area (Å²) in [5.41, 5.74) is 1.87. The molecule has 0 unspecified atom stereocenters. The van der Waals surface area contributed by atoms with Crippen LogP contribution in [0.2, 0.25) is 0 Å². The number of benzene rings is 2. The highest BCUT2D eigenvalue weighted by Gasteiger charge is 2.21. The van der Waals surface area contributed by atoms with Crippen molar-refractivity contribution in [3.8, 4) is 11.8 Å². The van der Waals surface area contributed by atoms with Gasteiger partial charge >= 0.3 is 0 Å². The highest BCUT2D eigenvalue weighted by molar-refractivity contribution is 5.77. The minimum absolute atomic E-state index is 0.00345. The molecule has 1 heterocycles. The maximum Gasteiger partial charge on any atom is 0.260 e. The highest BCUT2D eigenvalue weighted by atomic mass is 16.5. The van der Waals surface area contributed by atoms with Crippen molar-refractivity contribution in [2.24, 2.45) is 0 Å².